The lowest BCUT2D eigenvalue weighted by Crippen LogP contribution is -2.40. The van der Waals surface area contributed by atoms with E-state index in [0.29, 0.717) is 0 Å². The van der Waals surface area contributed by atoms with Gasteiger partial charge in [0.2, 0.25) is 10.0 Å². The van der Waals surface area contributed by atoms with Gasteiger partial charge in [-0.3, -0.25) is 0 Å². The zero-order chi connectivity index (χ0) is 10.8. The summed E-state index contributed by atoms with van der Waals surface area (Å²) < 4.78 is 25.9. The van der Waals surface area contributed by atoms with Gasteiger partial charge < -0.3 is 0 Å². The Hall–Kier alpha value is -0.0900. The van der Waals surface area contributed by atoms with Crippen LogP contribution in [0.3, 0.4) is 0 Å². The first kappa shape index (κ1) is 12.0. The van der Waals surface area contributed by atoms with Crippen LogP contribution in [0.25, 0.3) is 0 Å². The maximum Gasteiger partial charge on any atom is 0.214 e. The highest BCUT2D eigenvalue weighted by Gasteiger charge is 2.24. The van der Waals surface area contributed by atoms with Crippen molar-refractivity contribution >= 4 is 10.0 Å². The fourth-order valence-corrected chi connectivity index (χ4v) is 2.72. The Morgan fingerprint density at radius 1 is 1.14 bits per heavy atom. The van der Waals surface area contributed by atoms with E-state index in [1.54, 1.807) is 13.8 Å². The largest absolute Gasteiger partial charge is 0.214 e. The summed E-state index contributed by atoms with van der Waals surface area (Å²) in [6, 6.07) is 0.179. The van der Waals surface area contributed by atoms with Crippen molar-refractivity contribution in [1.29, 1.82) is 0 Å². The Bertz CT molecular complexity index is 264. The van der Waals surface area contributed by atoms with Crippen LogP contribution in [0.5, 0.6) is 0 Å². The van der Waals surface area contributed by atoms with E-state index in [4.69, 9.17) is 0 Å². The van der Waals surface area contributed by atoms with E-state index in [1.807, 2.05) is 0 Å². The summed E-state index contributed by atoms with van der Waals surface area (Å²) in [4.78, 5) is 0. The van der Waals surface area contributed by atoms with Crippen LogP contribution in [0.4, 0.5) is 0 Å². The SMILES string of the molecule is CC1CCC(NS(=O)(=O)C(C)C)CC1. The second-order valence-corrected chi connectivity index (χ2v) is 6.94. The van der Waals surface area contributed by atoms with Gasteiger partial charge in [0.25, 0.3) is 0 Å². The second kappa shape index (κ2) is 4.62. The van der Waals surface area contributed by atoms with Gasteiger partial charge >= 0.3 is 0 Å². The number of hydrogen-bond acceptors (Lipinski definition) is 2. The van der Waals surface area contributed by atoms with Crippen LogP contribution in [0.1, 0.15) is 46.5 Å². The molecule has 1 saturated carbocycles. The monoisotopic (exact) mass is 219 g/mol. The van der Waals surface area contributed by atoms with Crippen LogP contribution >= 0.6 is 0 Å². The maximum absolute atomic E-state index is 11.6. The zero-order valence-electron chi connectivity index (χ0n) is 9.29. The van der Waals surface area contributed by atoms with Crippen LogP contribution in [0.2, 0.25) is 0 Å². The summed E-state index contributed by atoms with van der Waals surface area (Å²) in [5.41, 5.74) is 0. The fourth-order valence-electron chi connectivity index (χ4n) is 1.75. The van der Waals surface area contributed by atoms with Crippen LogP contribution in [-0.4, -0.2) is 19.7 Å². The third kappa shape index (κ3) is 3.24. The lowest BCUT2D eigenvalue weighted by Gasteiger charge is -2.27. The molecule has 1 aliphatic carbocycles. The third-order valence-corrected chi connectivity index (χ3v) is 4.87. The highest BCUT2D eigenvalue weighted by atomic mass is 32.2. The van der Waals surface area contributed by atoms with Gasteiger partial charge in [-0.15, -0.1) is 0 Å². The molecule has 0 aromatic heterocycles. The minimum atomic E-state index is -3.07. The summed E-state index contributed by atoms with van der Waals surface area (Å²) in [7, 11) is -3.07. The predicted molar refractivity (Wildman–Crippen MR) is 58.6 cm³/mol. The number of sulfonamides is 1. The molecule has 0 bridgehead atoms. The Morgan fingerprint density at radius 3 is 2.07 bits per heavy atom. The second-order valence-electron chi connectivity index (χ2n) is 4.67. The van der Waals surface area contributed by atoms with Crippen molar-refractivity contribution in [3.63, 3.8) is 0 Å². The van der Waals surface area contributed by atoms with Crippen molar-refractivity contribution < 1.29 is 8.42 Å². The van der Waals surface area contributed by atoms with E-state index in [-0.39, 0.29) is 11.3 Å². The van der Waals surface area contributed by atoms with Gasteiger partial charge in [0.05, 0.1) is 5.25 Å². The summed E-state index contributed by atoms with van der Waals surface area (Å²) in [5.74, 6) is 0.759. The number of nitrogens with one attached hydrogen (secondary N) is 1. The normalized spacial score (nSPS) is 29.4. The zero-order valence-corrected chi connectivity index (χ0v) is 10.1. The molecule has 0 heterocycles. The molecule has 1 fully saturated rings. The van der Waals surface area contributed by atoms with E-state index in [1.165, 1.54) is 0 Å². The van der Waals surface area contributed by atoms with E-state index in [2.05, 4.69) is 11.6 Å². The number of hydrogen-bond donors (Lipinski definition) is 1. The van der Waals surface area contributed by atoms with Crippen molar-refractivity contribution in [1.82, 2.24) is 4.72 Å². The fraction of sp³-hybridized carbons (Fsp3) is 1.00. The van der Waals surface area contributed by atoms with Crippen LogP contribution < -0.4 is 4.72 Å². The summed E-state index contributed by atoms with van der Waals surface area (Å²) in [6.45, 7) is 5.66. The van der Waals surface area contributed by atoms with Crippen molar-refractivity contribution in [2.75, 3.05) is 0 Å². The third-order valence-electron chi connectivity index (χ3n) is 2.97. The minimum Gasteiger partial charge on any atom is -0.212 e. The molecule has 0 atom stereocenters. The standard InChI is InChI=1S/C10H21NO2S/c1-8(2)14(12,13)11-10-6-4-9(3)5-7-10/h8-11H,4-7H2,1-3H3. The van der Waals surface area contributed by atoms with Crippen LogP contribution in [0, 0.1) is 5.92 Å². The molecule has 14 heavy (non-hydrogen) atoms. The maximum atomic E-state index is 11.6. The Balaban J connectivity index is 2.46. The molecular formula is C10H21NO2S. The van der Waals surface area contributed by atoms with Gasteiger partial charge in [0, 0.05) is 6.04 Å². The van der Waals surface area contributed by atoms with Crippen molar-refractivity contribution in [3.05, 3.63) is 0 Å². The van der Waals surface area contributed by atoms with Crippen molar-refractivity contribution in [2.24, 2.45) is 5.92 Å². The molecule has 4 heteroatoms. The molecule has 0 saturated heterocycles. The van der Waals surface area contributed by atoms with Gasteiger partial charge in [-0.25, -0.2) is 13.1 Å². The van der Waals surface area contributed by atoms with E-state index < -0.39 is 10.0 Å². The lowest BCUT2D eigenvalue weighted by molar-refractivity contribution is 0.331. The first-order chi connectivity index (χ1) is 6.42. The smallest absolute Gasteiger partial charge is 0.212 e. The van der Waals surface area contributed by atoms with Gasteiger partial charge in [-0.2, -0.15) is 0 Å². The Morgan fingerprint density at radius 2 is 1.64 bits per heavy atom. The molecule has 0 aromatic rings. The van der Waals surface area contributed by atoms with Crippen molar-refractivity contribution in [2.45, 2.75) is 57.7 Å². The molecule has 1 rings (SSSR count). The Labute approximate surface area is 87.3 Å². The molecule has 3 nitrogen and oxygen atoms in total. The first-order valence-corrected chi connectivity index (χ1v) is 6.97. The van der Waals surface area contributed by atoms with Crippen molar-refractivity contribution in [3.8, 4) is 0 Å². The van der Waals surface area contributed by atoms with Gasteiger partial charge in [0.15, 0.2) is 0 Å². The van der Waals surface area contributed by atoms with Gasteiger partial charge in [0.1, 0.15) is 0 Å². The first-order valence-electron chi connectivity index (χ1n) is 5.43. The van der Waals surface area contributed by atoms with Crippen LogP contribution in [0.15, 0.2) is 0 Å². The minimum absolute atomic E-state index is 0.179. The molecular weight excluding hydrogens is 198 g/mol. The summed E-state index contributed by atoms with van der Waals surface area (Å²) >= 11 is 0. The lowest BCUT2D eigenvalue weighted by atomic mass is 9.88. The average molecular weight is 219 g/mol. The predicted octanol–water partition coefficient (Wildman–Crippen LogP) is 1.89. The molecule has 1 aliphatic rings. The molecule has 84 valence electrons. The molecule has 0 radical (unpaired) electrons. The average Bonchev–Trinajstić information content (AvgIpc) is 2.08. The topological polar surface area (TPSA) is 46.2 Å². The van der Waals surface area contributed by atoms with Gasteiger partial charge in [-0.05, 0) is 45.4 Å². The molecule has 0 aliphatic heterocycles. The molecule has 0 aromatic carbocycles. The Kier molecular flexibility index (Phi) is 3.95. The van der Waals surface area contributed by atoms with Gasteiger partial charge in [-0.1, -0.05) is 6.92 Å². The molecule has 0 amide bonds. The van der Waals surface area contributed by atoms with E-state index >= 15 is 0 Å². The highest BCUT2D eigenvalue weighted by Crippen LogP contribution is 2.24. The molecule has 0 unspecified atom stereocenters. The quantitative estimate of drug-likeness (QED) is 0.788. The van der Waals surface area contributed by atoms with E-state index in [9.17, 15) is 8.42 Å². The summed E-state index contributed by atoms with van der Waals surface area (Å²) in [6.07, 6.45) is 4.27. The van der Waals surface area contributed by atoms with Crippen LogP contribution in [-0.2, 0) is 10.0 Å². The summed E-state index contributed by atoms with van der Waals surface area (Å²) in [5, 5.41) is -0.318. The van der Waals surface area contributed by atoms with E-state index in [0.717, 1.165) is 31.6 Å². The molecule has 0 spiro atoms. The highest BCUT2D eigenvalue weighted by molar-refractivity contribution is 7.90. The number of rotatable bonds is 3. The molecule has 1 N–H and O–H groups in total.